The predicted molar refractivity (Wildman–Crippen MR) is 85.8 cm³/mol. The highest BCUT2D eigenvalue weighted by Gasteiger charge is 2.44. The van der Waals surface area contributed by atoms with Crippen LogP contribution in [0.25, 0.3) is 10.6 Å². The van der Waals surface area contributed by atoms with Gasteiger partial charge in [-0.3, -0.25) is 4.79 Å². The number of hydrogen-bond acceptors (Lipinski definition) is 5. The molecule has 8 heteroatoms. The van der Waals surface area contributed by atoms with Crippen LogP contribution in [-0.2, 0) is 9.53 Å². The second-order valence-corrected chi connectivity index (χ2v) is 6.43. The number of ether oxygens (including phenoxy) is 1. The summed E-state index contributed by atoms with van der Waals surface area (Å²) in [7, 11) is 0. The molecule has 3 rings (SSSR count). The molecule has 1 saturated heterocycles. The van der Waals surface area contributed by atoms with E-state index in [1.807, 2.05) is 18.2 Å². The number of nitrogens with zero attached hydrogens (tertiary/aromatic N) is 1. The molecule has 6 nitrogen and oxygen atoms in total. The maximum absolute atomic E-state index is 12.3. The van der Waals surface area contributed by atoms with Gasteiger partial charge in [0.05, 0.1) is 11.6 Å². The maximum Gasteiger partial charge on any atom is 0.331 e. The molecule has 0 spiro atoms. The second-order valence-electron chi connectivity index (χ2n) is 5.16. The largest absolute Gasteiger partial charge is 0.479 e. The minimum Gasteiger partial charge on any atom is -0.479 e. The van der Waals surface area contributed by atoms with Crippen LogP contribution in [0.4, 0.5) is 0 Å². The van der Waals surface area contributed by atoms with E-state index in [-0.39, 0.29) is 18.7 Å². The van der Waals surface area contributed by atoms with Gasteiger partial charge >= 0.3 is 5.97 Å². The molecule has 2 heterocycles. The number of rotatable bonds is 4. The van der Waals surface area contributed by atoms with Crippen molar-refractivity contribution in [3.63, 3.8) is 0 Å². The Morgan fingerprint density at radius 2 is 2.17 bits per heavy atom. The van der Waals surface area contributed by atoms with Gasteiger partial charge in [0.1, 0.15) is 10.7 Å². The van der Waals surface area contributed by atoms with Crippen LogP contribution in [0.1, 0.15) is 16.9 Å². The van der Waals surface area contributed by atoms with Crippen LogP contribution >= 0.6 is 22.9 Å². The molecule has 23 heavy (non-hydrogen) atoms. The molecule has 1 aromatic carbocycles. The number of hydrogen-bond donors (Lipinski definition) is 2. The van der Waals surface area contributed by atoms with Crippen molar-refractivity contribution in [3.05, 3.63) is 40.4 Å². The minimum absolute atomic E-state index is 0.0461. The van der Waals surface area contributed by atoms with E-state index >= 15 is 0 Å². The lowest BCUT2D eigenvalue weighted by molar-refractivity contribution is -0.144. The lowest BCUT2D eigenvalue weighted by Crippen LogP contribution is -2.55. The number of aromatic nitrogens is 1. The Labute approximate surface area is 141 Å². The van der Waals surface area contributed by atoms with E-state index in [2.05, 4.69) is 10.3 Å². The lowest BCUT2D eigenvalue weighted by Gasteiger charge is -2.22. The van der Waals surface area contributed by atoms with Gasteiger partial charge in [-0.25, -0.2) is 9.78 Å². The van der Waals surface area contributed by atoms with Gasteiger partial charge in [-0.05, 0) is 6.07 Å². The summed E-state index contributed by atoms with van der Waals surface area (Å²) < 4.78 is 5.12. The summed E-state index contributed by atoms with van der Waals surface area (Å²) in [5.41, 5.74) is -0.488. The summed E-state index contributed by atoms with van der Waals surface area (Å²) >= 11 is 7.40. The van der Waals surface area contributed by atoms with Crippen molar-refractivity contribution in [1.29, 1.82) is 0 Å². The average Bonchev–Trinajstić information content (AvgIpc) is 3.17. The number of carboxylic acids is 1. The highest BCUT2D eigenvalue weighted by Crippen LogP contribution is 2.30. The highest BCUT2D eigenvalue weighted by molar-refractivity contribution is 7.13. The Morgan fingerprint density at radius 1 is 1.39 bits per heavy atom. The summed E-state index contributed by atoms with van der Waals surface area (Å²) in [4.78, 5) is 28.0. The molecule has 0 bridgehead atoms. The molecule has 1 unspecified atom stereocenters. The highest BCUT2D eigenvalue weighted by atomic mass is 35.5. The van der Waals surface area contributed by atoms with E-state index in [4.69, 9.17) is 16.3 Å². The van der Waals surface area contributed by atoms with Crippen molar-refractivity contribution in [1.82, 2.24) is 10.3 Å². The number of halogens is 1. The number of aliphatic carboxylic acids is 1. The predicted octanol–water partition coefficient (Wildman–Crippen LogP) is 2.44. The van der Waals surface area contributed by atoms with Gasteiger partial charge in [0.15, 0.2) is 5.54 Å². The smallest absolute Gasteiger partial charge is 0.331 e. The van der Waals surface area contributed by atoms with Crippen molar-refractivity contribution >= 4 is 34.8 Å². The molecule has 0 saturated carbocycles. The van der Waals surface area contributed by atoms with E-state index in [0.29, 0.717) is 16.6 Å². The van der Waals surface area contributed by atoms with Crippen molar-refractivity contribution in [2.75, 3.05) is 13.2 Å². The van der Waals surface area contributed by atoms with E-state index < -0.39 is 17.4 Å². The van der Waals surface area contributed by atoms with Gasteiger partial charge in [0, 0.05) is 24.0 Å². The maximum atomic E-state index is 12.3. The zero-order valence-electron chi connectivity index (χ0n) is 11.9. The molecular weight excluding hydrogens is 340 g/mol. The Morgan fingerprint density at radius 3 is 2.83 bits per heavy atom. The number of carboxylic acid groups (broad SMARTS) is 1. The number of nitrogens with one attached hydrogen (secondary N) is 1. The summed E-state index contributed by atoms with van der Waals surface area (Å²) in [5, 5.41) is 14.6. The molecule has 0 radical (unpaired) electrons. The SMILES string of the molecule is O=C(NC1(C(=O)O)CCOC1)c1csc(-c2ccccc2Cl)n1. The Hall–Kier alpha value is -1.96. The first kappa shape index (κ1) is 15.9. The zero-order chi connectivity index (χ0) is 16.4. The van der Waals surface area contributed by atoms with Gasteiger partial charge in [-0.1, -0.05) is 29.8 Å². The van der Waals surface area contributed by atoms with Gasteiger partial charge < -0.3 is 15.2 Å². The topological polar surface area (TPSA) is 88.5 Å². The van der Waals surface area contributed by atoms with Crippen LogP contribution in [0.2, 0.25) is 5.02 Å². The van der Waals surface area contributed by atoms with E-state index in [1.165, 1.54) is 11.3 Å². The Balaban J connectivity index is 1.82. The second kappa shape index (κ2) is 6.27. The summed E-state index contributed by atoms with van der Waals surface area (Å²) in [6.07, 6.45) is 0.232. The molecule has 1 atom stereocenters. The molecule has 2 aromatic rings. The van der Waals surface area contributed by atoms with Crippen LogP contribution in [0.5, 0.6) is 0 Å². The first-order valence-corrected chi connectivity index (χ1v) is 8.12. The van der Waals surface area contributed by atoms with Crippen LogP contribution in [0.3, 0.4) is 0 Å². The molecule has 1 aromatic heterocycles. The molecule has 1 amide bonds. The summed E-state index contributed by atoms with van der Waals surface area (Å²) in [5.74, 6) is -1.64. The van der Waals surface area contributed by atoms with E-state index in [0.717, 1.165) is 5.56 Å². The first-order chi connectivity index (χ1) is 11.0. The molecule has 0 aliphatic carbocycles. The Kier molecular flexibility index (Phi) is 4.34. The van der Waals surface area contributed by atoms with Crippen LogP contribution < -0.4 is 5.32 Å². The number of thiazole rings is 1. The summed E-state index contributed by atoms with van der Waals surface area (Å²) in [6, 6.07) is 7.20. The Bertz CT molecular complexity index is 755. The standard InChI is InChI=1S/C15H13ClN2O4S/c16-10-4-2-1-3-9(10)13-17-11(7-23-13)12(19)18-15(14(20)21)5-6-22-8-15/h1-4,7H,5-6,8H2,(H,18,19)(H,20,21). The van der Waals surface area contributed by atoms with Crippen LogP contribution in [0.15, 0.2) is 29.6 Å². The number of carbonyl (C=O) groups is 2. The number of benzene rings is 1. The minimum atomic E-state index is -1.38. The van der Waals surface area contributed by atoms with Gasteiger partial charge in [0.25, 0.3) is 5.91 Å². The van der Waals surface area contributed by atoms with Crippen molar-refractivity contribution in [3.8, 4) is 10.6 Å². The monoisotopic (exact) mass is 352 g/mol. The number of amides is 1. The third-order valence-corrected chi connectivity index (χ3v) is 4.83. The van der Waals surface area contributed by atoms with E-state index in [1.54, 1.807) is 11.4 Å². The van der Waals surface area contributed by atoms with Gasteiger partial charge in [-0.15, -0.1) is 11.3 Å². The van der Waals surface area contributed by atoms with E-state index in [9.17, 15) is 14.7 Å². The van der Waals surface area contributed by atoms with Crippen LogP contribution in [0, 0.1) is 0 Å². The van der Waals surface area contributed by atoms with Gasteiger partial charge in [0.2, 0.25) is 0 Å². The molecule has 1 fully saturated rings. The normalized spacial score (nSPS) is 20.4. The molecule has 1 aliphatic heterocycles. The fourth-order valence-electron chi connectivity index (χ4n) is 2.30. The van der Waals surface area contributed by atoms with Gasteiger partial charge in [-0.2, -0.15) is 0 Å². The fourth-order valence-corrected chi connectivity index (χ4v) is 3.42. The van der Waals surface area contributed by atoms with Crippen molar-refractivity contribution < 1.29 is 19.4 Å². The third-order valence-electron chi connectivity index (χ3n) is 3.62. The average molecular weight is 353 g/mol. The zero-order valence-corrected chi connectivity index (χ0v) is 13.5. The van der Waals surface area contributed by atoms with Crippen molar-refractivity contribution in [2.45, 2.75) is 12.0 Å². The number of carbonyl (C=O) groups excluding carboxylic acids is 1. The lowest BCUT2D eigenvalue weighted by atomic mass is 9.99. The molecule has 1 aliphatic rings. The summed E-state index contributed by atoms with van der Waals surface area (Å²) in [6.45, 7) is 0.254. The first-order valence-electron chi connectivity index (χ1n) is 6.86. The molecular formula is C15H13ClN2O4S. The fraction of sp³-hybridized carbons (Fsp3) is 0.267. The molecule has 120 valence electrons. The van der Waals surface area contributed by atoms with Crippen LogP contribution in [-0.4, -0.2) is 40.7 Å². The third kappa shape index (κ3) is 3.08. The van der Waals surface area contributed by atoms with Crippen molar-refractivity contribution in [2.24, 2.45) is 0 Å². The quantitative estimate of drug-likeness (QED) is 0.882. The molecule has 2 N–H and O–H groups in total.